The number of nitrogen functional groups attached to an aromatic ring is 1. The number of para-hydroxylation sites is 1. The van der Waals surface area contributed by atoms with Gasteiger partial charge in [0.25, 0.3) is 0 Å². The van der Waals surface area contributed by atoms with Gasteiger partial charge in [-0.05, 0) is 46.5 Å². The fraction of sp³-hybridized carbons (Fsp3) is 0.318. The van der Waals surface area contributed by atoms with Crippen molar-refractivity contribution in [2.45, 2.75) is 25.7 Å². The van der Waals surface area contributed by atoms with Crippen LogP contribution < -0.4 is 16.2 Å². The molecule has 31 heavy (non-hydrogen) atoms. The molecule has 0 atom stereocenters. The maximum atomic E-state index is 11.7. The number of anilines is 2. The van der Waals surface area contributed by atoms with Gasteiger partial charge in [-0.15, -0.1) is 0 Å². The number of halogens is 1. The lowest BCUT2D eigenvalue weighted by atomic mass is 9.93. The maximum Gasteiger partial charge on any atom is 0.219 e. The Kier molecular flexibility index (Phi) is 5.15. The third-order valence-electron chi connectivity index (χ3n) is 6.08. The summed E-state index contributed by atoms with van der Waals surface area (Å²) >= 11 is 3.65. The lowest BCUT2D eigenvalue weighted by Crippen LogP contribution is -2.36. The fourth-order valence-electron chi connectivity index (χ4n) is 4.31. The number of rotatable bonds is 3. The Labute approximate surface area is 188 Å². The fourth-order valence-corrected chi connectivity index (χ4v) is 4.90. The molecule has 8 nitrogen and oxygen atoms in total. The van der Waals surface area contributed by atoms with E-state index in [1.807, 2.05) is 34.3 Å². The van der Waals surface area contributed by atoms with Crippen LogP contribution in [0.25, 0.3) is 11.2 Å². The maximum absolute atomic E-state index is 11.7. The highest BCUT2D eigenvalue weighted by Gasteiger charge is 2.28. The van der Waals surface area contributed by atoms with E-state index in [2.05, 4.69) is 44.8 Å². The number of nitrogens with two attached hydrogens (primary N) is 1. The molecule has 0 aliphatic carbocycles. The normalized spacial score (nSPS) is 17.4. The van der Waals surface area contributed by atoms with Crippen LogP contribution in [0.1, 0.15) is 36.9 Å². The first-order valence-electron chi connectivity index (χ1n) is 10.4. The van der Waals surface area contributed by atoms with E-state index in [1.165, 1.54) is 0 Å². The lowest BCUT2D eigenvalue weighted by molar-refractivity contribution is -0.129. The topological polar surface area (TPSA) is 91.8 Å². The summed E-state index contributed by atoms with van der Waals surface area (Å²) < 4.78 is 2.49. The van der Waals surface area contributed by atoms with Crippen LogP contribution in [0.5, 0.6) is 0 Å². The van der Waals surface area contributed by atoms with Crippen molar-refractivity contribution in [1.29, 1.82) is 0 Å². The SMILES string of the molecule is CC(=O)N1CCC(c2nc3c(C4=CN(c5ccccc5)NC4)cnn3c(N)c2Br)CC1. The molecule has 5 rings (SSSR count). The van der Waals surface area contributed by atoms with Crippen LogP contribution in [0.4, 0.5) is 11.5 Å². The second kappa shape index (κ2) is 7.97. The average Bonchev–Trinajstić information content (AvgIpc) is 3.44. The lowest BCUT2D eigenvalue weighted by Gasteiger charge is -2.31. The molecule has 1 fully saturated rings. The zero-order valence-electron chi connectivity index (χ0n) is 17.3. The summed E-state index contributed by atoms with van der Waals surface area (Å²) in [4.78, 5) is 18.6. The van der Waals surface area contributed by atoms with Gasteiger partial charge in [0.05, 0.1) is 22.1 Å². The minimum atomic E-state index is 0.127. The highest BCUT2D eigenvalue weighted by atomic mass is 79.9. The molecule has 1 saturated heterocycles. The van der Waals surface area contributed by atoms with Crippen molar-refractivity contribution in [2.24, 2.45) is 0 Å². The molecule has 2 aliphatic rings. The quantitative estimate of drug-likeness (QED) is 0.596. The van der Waals surface area contributed by atoms with Gasteiger partial charge in [-0.1, -0.05) is 18.2 Å². The monoisotopic (exact) mass is 481 g/mol. The molecule has 1 aromatic carbocycles. The number of benzene rings is 1. The van der Waals surface area contributed by atoms with Crippen LogP contribution in [0.15, 0.2) is 47.2 Å². The number of fused-ring (bicyclic) bond motifs is 1. The van der Waals surface area contributed by atoms with Crippen molar-refractivity contribution >= 4 is 44.6 Å². The number of hydrogen-bond donors (Lipinski definition) is 2. The van der Waals surface area contributed by atoms with Crippen LogP contribution in [0, 0.1) is 0 Å². The van der Waals surface area contributed by atoms with E-state index >= 15 is 0 Å². The van der Waals surface area contributed by atoms with Gasteiger partial charge in [0, 0.05) is 44.2 Å². The van der Waals surface area contributed by atoms with Gasteiger partial charge in [-0.3, -0.25) is 9.80 Å². The van der Waals surface area contributed by atoms with E-state index in [0.29, 0.717) is 12.4 Å². The van der Waals surface area contributed by atoms with E-state index < -0.39 is 0 Å². The number of likely N-dealkylation sites (tertiary alicyclic amines) is 1. The Morgan fingerprint density at radius 2 is 1.97 bits per heavy atom. The summed E-state index contributed by atoms with van der Waals surface area (Å²) in [6.45, 7) is 3.79. The number of carbonyl (C=O) groups is 1. The Bertz CT molecular complexity index is 1170. The second-order valence-electron chi connectivity index (χ2n) is 7.97. The number of nitrogens with zero attached hydrogens (tertiary/aromatic N) is 5. The third kappa shape index (κ3) is 3.57. The first-order chi connectivity index (χ1) is 15.0. The molecule has 0 saturated carbocycles. The number of aromatic nitrogens is 3. The molecule has 0 spiro atoms. The molecule has 2 aliphatic heterocycles. The molecule has 2 aromatic heterocycles. The van der Waals surface area contributed by atoms with E-state index in [4.69, 9.17) is 10.7 Å². The molecule has 9 heteroatoms. The first kappa shape index (κ1) is 20.0. The Balaban J connectivity index is 1.50. The van der Waals surface area contributed by atoms with Crippen molar-refractivity contribution in [2.75, 3.05) is 30.4 Å². The minimum Gasteiger partial charge on any atom is -0.383 e. The molecular weight excluding hydrogens is 458 g/mol. The van der Waals surface area contributed by atoms with Crippen molar-refractivity contribution in [1.82, 2.24) is 24.9 Å². The van der Waals surface area contributed by atoms with Crippen molar-refractivity contribution in [3.8, 4) is 0 Å². The van der Waals surface area contributed by atoms with E-state index in [-0.39, 0.29) is 11.8 Å². The first-order valence-corrected chi connectivity index (χ1v) is 11.2. The second-order valence-corrected chi connectivity index (χ2v) is 8.76. The molecule has 0 bridgehead atoms. The Morgan fingerprint density at radius 3 is 2.68 bits per heavy atom. The van der Waals surface area contributed by atoms with Gasteiger partial charge in [0.2, 0.25) is 5.91 Å². The standard InChI is InChI=1S/C22H24BrN7O/c1-14(31)28-9-7-15(8-10-28)20-19(23)21(24)30-22(27-20)18(12-26-30)16-11-25-29(13-16)17-5-3-2-4-6-17/h2-6,12-13,15,25H,7-11,24H2,1H3. The number of hydrogen-bond acceptors (Lipinski definition) is 6. The molecule has 0 unspecified atom stereocenters. The summed E-state index contributed by atoms with van der Waals surface area (Å²) in [7, 11) is 0. The van der Waals surface area contributed by atoms with Gasteiger partial charge in [-0.25, -0.2) is 10.4 Å². The van der Waals surface area contributed by atoms with E-state index in [9.17, 15) is 4.79 Å². The van der Waals surface area contributed by atoms with Gasteiger partial charge in [-0.2, -0.15) is 9.61 Å². The zero-order chi connectivity index (χ0) is 21.5. The highest BCUT2D eigenvalue weighted by Crippen LogP contribution is 2.36. The van der Waals surface area contributed by atoms with Gasteiger partial charge < -0.3 is 10.6 Å². The zero-order valence-corrected chi connectivity index (χ0v) is 18.8. The predicted molar refractivity (Wildman–Crippen MR) is 124 cm³/mol. The Morgan fingerprint density at radius 1 is 1.23 bits per heavy atom. The van der Waals surface area contributed by atoms with Crippen molar-refractivity contribution in [3.05, 3.63) is 58.5 Å². The molecule has 4 heterocycles. The minimum absolute atomic E-state index is 0.127. The highest BCUT2D eigenvalue weighted by molar-refractivity contribution is 9.10. The molecule has 1 amide bonds. The molecule has 160 valence electrons. The summed E-state index contributed by atoms with van der Waals surface area (Å²) in [6, 6.07) is 10.1. The van der Waals surface area contributed by atoms with Crippen LogP contribution in [0.3, 0.4) is 0 Å². The van der Waals surface area contributed by atoms with E-state index in [1.54, 1.807) is 11.4 Å². The number of piperidine rings is 1. The average molecular weight is 482 g/mol. The number of hydrazine groups is 1. The number of amides is 1. The van der Waals surface area contributed by atoms with E-state index in [0.717, 1.165) is 58.6 Å². The Hall–Kier alpha value is -2.91. The predicted octanol–water partition coefficient (Wildman–Crippen LogP) is 3.17. The van der Waals surface area contributed by atoms with Gasteiger partial charge >= 0.3 is 0 Å². The molecule has 3 aromatic rings. The van der Waals surface area contributed by atoms with Crippen LogP contribution in [0.2, 0.25) is 0 Å². The third-order valence-corrected chi connectivity index (χ3v) is 6.89. The summed E-state index contributed by atoms with van der Waals surface area (Å²) in [5.41, 5.74) is 14.7. The summed E-state index contributed by atoms with van der Waals surface area (Å²) in [5.74, 6) is 0.922. The largest absolute Gasteiger partial charge is 0.383 e. The van der Waals surface area contributed by atoms with Crippen LogP contribution in [-0.2, 0) is 4.79 Å². The van der Waals surface area contributed by atoms with Gasteiger partial charge in [0.15, 0.2) is 5.65 Å². The molecule has 3 N–H and O–H groups in total. The molecule has 0 radical (unpaired) electrons. The molecular formula is C22H24BrN7O. The van der Waals surface area contributed by atoms with Gasteiger partial charge in [0.1, 0.15) is 5.82 Å². The summed E-state index contributed by atoms with van der Waals surface area (Å²) in [5, 5.41) is 6.52. The van der Waals surface area contributed by atoms with Crippen molar-refractivity contribution < 1.29 is 4.79 Å². The number of nitrogens with one attached hydrogen (secondary N) is 1. The summed E-state index contributed by atoms with van der Waals surface area (Å²) in [6.07, 6.45) is 5.65. The number of carbonyl (C=O) groups excluding carboxylic acids is 1. The van der Waals surface area contributed by atoms with Crippen LogP contribution >= 0.6 is 15.9 Å². The smallest absolute Gasteiger partial charge is 0.219 e. The van der Waals surface area contributed by atoms with Crippen LogP contribution in [-0.4, -0.2) is 45.0 Å². The van der Waals surface area contributed by atoms with Crippen molar-refractivity contribution in [3.63, 3.8) is 0 Å².